The normalized spacial score (nSPS) is 11.0. The van der Waals surface area contributed by atoms with Gasteiger partial charge < -0.3 is 10.1 Å². The summed E-state index contributed by atoms with van der Waals surface area (Å²) in [5.41, 5.74) is 1.23. The van der Waals surface area contributed by atoms with Gasteiger partial charge >= 0.3 is 0 Å². The summed E-state index contributed by atoms with van der Waals surface area (Å²) in [4.78, 5) is 0. The maximum absolute atomic E-state index is 5.61. The van der Waals surface area contributed by atoms with Crippen LogP contribution >= 0.6 is 15.9 Å². The highest BCUT2D eigenvalue weighted by Gasteiger charge is 2.01. The van der Waals surface area contributed by atoms with Gasteiger partial charge in [-0.1, -0.05) is 35.0 Å². The minimum Gasteiger partial charge on any atom is -0.490 e. The molecule has 0 radical (unpaired) electrons. The summed E-state index contributed by atoms with van der Waals surface area (Å²) in [6.45, 7) is 6.69. The Labute approximate surface area is 112 Å². The van der Waals surface area contributed by atoms with E-state index in [0.717, 1.165) is 29.7 Å². The first-order valence-corrected chi connectivity index (χ1v) is 6.80. The summed E-state index contributed by atoms with van der Waals surface area (Å²) < 4.78 is 6.74. The molecule has 2 nitrogen and oxygen atoms in total. The van der Waals surface area contributed by atoms with E-state index in [1.165, 1.54) is 5.56 Å². The lowest BCUT2D eigenvalue weighted by molar-refractivity contribution is 0.362. The Hall–Kier alpha value is -0.800. The second kappa shape index (κ2) is 8.31. The molecule has 0 aromatic heterocycles. The third-order valence-electron chi connectivity index (χ3n) is 2.34. The molecule has 1 N–H and O–H groups in total. The Balaban J connectivity index is 2.58. The van der Waals surface area contributed by atoms with Crippen LogP contribution in [0.1, 0.15) is 25.8 Å². The van der Waals surface area contributed by atoms with Crippen molar-refractivity contribution in [2.45, 2.75) is 26.8 Å². The van der Waals surface area contributed by atoms with Gasteiger partial charge in [0.25, 0.3) is 0 Å². The van der Waals surface area contributed by atoms with Crippen LogP contribution in [0, 0.1) is 0 Å². The third kappa shape index (κ3) is 5.37. The van der Waals surface area contributed by atoms with E-state index in [-0.39, 0.29) is 0 Å². The van der Waals surface area contributed by atoms with Gasteiger partial charge in [0.1, 0.15) is 12.4 Å². The summed E-state index contributed by atoms with van der Waals surface area (Å²) in [5.74, 6) is 0.916. The summed E-state index contributed by atoms with van der Waals surface area (Å²) in [5, 5.41) is 3.39. The Kier molecular flexibility index (Phi) is 6.97. The summed E-state index contributed by atoms with van der Waals surface area (Å²) >= 11 is 3.55. The van der Waals surface area contributed by atoms with E-state index in [2.05, 4.69) is 34.2 Å². The standard InChI is InChI=1S/C14H20BrNO/c1-3-5-9-17-13-6-7-14(15)12(10-13)11-16-8-4-2/h3,5-7,10,16H,4,8-9,11H2,1-2H3/b5-3+. The maximum Gasteiger partial charge on any atom is 0.120 e. The first-order chi connectivity index (χ1) is 8.27. The molecule has 1 aromatic rings. The molecule has 1 rings (SSSR count). The quantitative estimate of drug-likeness (QED) is 0.609. The van der Waals surface area contributed by atoms with Crippen LogP contribution in [0.3, 0.4) is 0 Å². The largest absolute Gasteiger partial charge is 0.490 e. The van der Waals surface area contributed by atoms with Crippen molar-refractivity contribution in [3.8, 4) is 5.75 Å². The molecule has 0 aliphatic carbocycles. The molecule has 3 heteroatoms. The van der Waals surface area contributed by atoms with Gasteiger partial charge in [0.2, 0.25) is 0 Å². The number of halogens is 1. The van der Waals surface area contributed by atoms with E-state index in [4.69, 9.17) is 4.74 Å². The fourth-order valence-electron chi connectivity index (χ4n) is 1.42. The minimum atomic E-state index is 0.625. The molecule has 0 bridgehead atoms. The molecule has 0 aliphatic heterocycles. The molecular formula is C14H20BrNO. The topological polar surface area (TPSA) is 21.3 Å². The SMILES string of the molecule is C/C=C/COc1ccc(Br)c(CNCCC)c1. The average molecular weight is 298 g/mol. The second-order valence-electron chi connectivity index (χ2n) is 3.81. The average Bonchev–Trinajstić information content (AvgIpc) is 2.33. The fraction of sp³-hybridized carbons (Fsp3) is 0.429. The van der Waals surface area contributed by atoms with Crippen molar-refractivity contribution >= 4 is 15.9 Å². The van der Waals surface area contributed by atoms with Crippen molar-refractivity contribution in [3.05, 3.63) is 40.4 Å². The van der Waals surface area contributed by atoms with Gasteiger partial charge in [-0.05, 0) is 43.7 Å². The molecule has 0 saturated carbocycles. The first kappa shape index (κ1) is 14.3. The highest BCUT2D eigenvalue weighted by Crippen LogP contribution is 2.22. The fourth-order valence-corrected chi connectivity index (χ4v) is 1.80. The number of hydrogen-bond donors (Lipinski definition) is 1. The van der Waals surface area contributed by atoms with Crippen molar-refractivity contribution in [3.63, 3.8) is 0 Å². The van der Waals surface area contributed by atoms with Gasteiger partial charge in [-0.3, -0.25) is 0 Å². The Bertz CT molecular complexity index is 363. The summed E-state index contributed by atoms with van der Waals surface area (Å²) in [6.07, 6.45) is 5.13. The van der Waals surface area contributed by atoms with E-state index < -0.39 is 0 Å². The second-order valence-corrected chi connectivity index (χ2v) is 4.66. The highest BCUT2D eigenvalue weighted by molar-refractivity contribution is 9.10. The molecule has 0 aliphatic rings. The van der Waals surface area contributed by atoms with E-state index in [1.807, 2.05) is 31.2 Å². The van der Waals surface area contributed by atoms with Crippen LogP contribution in [-0.2, 0) is 6.54 Å². The molecular weight excluding hydrogens is 278 g/mol. The van der Waals surface area contributed by atoms with Gasteiger partial charge in [0.05, 0.1) is 0 Å². The lowest BCUT2D eigenvalue weighted by Gasteiger charge is -2.09. The van der Waals surface area contributed by atoms with Gasteiger partial charge in [-0.15, -0.1) is 0 Å². The van der Waals surface area contributed by atoms with Crippen molar-refractivity contribution in [1.82, 2.24) is 5.32 Å². The van der Waals surface area contributed by atoms with Crippen LogP contribution in [0.25, 0.3) is 0 Å². The van der Waals surface area contributed by atoms with Crippen LogP contribution in [-0.4, -0.2) is 13.2 Å². The van der Waals surface area contributed by atoms with Crippen LogP contribution in [0.15, 0.2) is 34.8 Å². The number of ether oxygens (including phenoxy) is 1. The summed E-state index contributed by atoms with van der Waals surface area (Å²) in [7, 11) is 0. The molecule has 94 valence electrons. The Morgan fingerprint density at radius 1 is 1.41 bits per heavy atom. The predicted octanol–water partition coefficient (Wildman–Crippen LogP) is 3.90. The zero-order valence-corrected chi connectivity index (χ0v) is 12.1. The molecule has 0 atom stereocenters. The molecule has 0 spiro atoms. The number of rotatable bonds is 7. The molecule has 0 fully saturated rings. The van der Waals surface area contributed by atoms with Gasteiger partial charge in [0, 0.05) is 11.0 Å². The van der Waals surface area contributed by atoms with E-state index in [0.29, 0.717) is 6.61 Å². The number of benzene rings is 1. The minimum absolute atomic E-state index is 0.625. The highest BCUT2D eigenvalue weighted by atomic mass is 79.9. The monoisotopic (exact) mass is 297 g/mol. The lowest BCUT2D eigenvalue weighted by Crippen LogP contribution is -2.14. The van der Waals surface area contributed by atoms with Crippen molar-refractivity contribution < 1.29 is 4.74 Å². The molecule has 0 amide bonds. The number of nitrogens with one attached hydrogen (secondary N) is 1. The molecule has 0 unspecified atom stereocenters. The van der Waals surface area contributed by atoms with Crippen LogP contribution < -0.4 is 10.1 Å². The number of allylic oxidation sites excluding steroid dienone is 1. The molecule has 17 heavy (non-hydrogen) atoms. The third-order valence-corrected chi connectivity index (χ3v) is 3.11. The molecule has 1 aromatic carbocycles. The van der Waals surface area contributed by atoms with E-state index in [1.54, 1.807) is 0 Å². The van der Waals surface area contributed by atoms with Crippen molar-refractivity contribution in [2.75, 3.05) is 13.2 Å². The van der Waals surface area contributed by atoms with Crippen LogP contribution in [0.5, 0.6) is 5.75 Å². The van der Waals surface area contributed by atoms with E-state index >= 15 is 0 Å². The lowest BCUT2D eigenvalue weighted by atomic mass is 10.2. The van der Waals surface area contributed by atoms with Gasteiger partial charge in [0.15, 0.2) is 0 Å². The predicted molar refractivity (Wildman–Crippen MR) is 76.4 cm³/mol. The number of hydrogen-bond acceptors (Lipinski definition) is 2. The molecule has 0 heterocycles. The Morgan fingerprint density at radius 2 is 2.24 bits per heavy atom. The Morgan fingerprint density at radius 3 is 2.94 bits per heavy atom. The molecule has 0 saturated heterocycles. The first-order valence-electron chi connectivity index (χ1n) is 6.01. The van der Waals surface area contributed by atoms with Crippen molar-refractivity contribution in [1.29, 1.82) is 0 Å². The maximum atomic E-state index is 5.61. The van der Waals surface area contributed by atoms with Gasteiger partial charge in [-0.25, -0.2) is 0 Å². The van der Waals surface area contributed by atoms with Gasteiger partial charge in [-0.2, -0.15) is 0 Å². The summed E-state index contributed by atoms with van der Waals surface area (Å²) in [6, 6.07) is 6.10. The van der Waals surface area contributed by atoms with E-state index in [9.17, 15) is 0 Å². The zero-order valence-electron chi connectivity index (χ0n) is 10.5. The smallest absolute Gasteiger partial charge is 0.120 e. The zero-order chi connectivity index (χ0) is 12.5. The van der Waals surface area contributed by atoms with Crippen LogP contribution in [0.4, 0.5) is 0 Å². The van der Waals surface area contributed by atoms with Crippen LogP contribution in [0.2, 0.25) is 0 Å². The van der Waals surface area contributed by atoms with Crippen molar-refractivity contribution in [2.24, 2.45) is 0 Å².